The topological polar surface area (TPSA) is 80.5 Å². The van der Waals surface area contributed by atoms with Crippen molar-refractivity contribution in [3.63, 3.8) is 0 Å². The second-order valence-electron chi connectivity index (χ2n) is 6.75. The van der Waals surface area contributed by atoms with E-state index in [1.165, 1.54) is 5.69 Å². The fraction of sp³-hybridized carbons (Fsp3) is 0.550. The van der Waals surface area contributed by atoms with Crippen molar-refractivity contribution >= 4 is 11.6 Å². The van der Waals surface area contributed by atoms with Gasteiger partial charge >= 0.3 is 0 Å². The summed E-state index contributed by atoms with van der Waals surface area (Å²) in [4.78, 5) is 18.7. The Hall–Kier alpha value is -2.41. The van der Waals surface area contributed by atoms with Crippen molar-refractivity contribution in [1.29, 1.82) is 0 Å². The number of benzene rings is 1. The summed E-state index contributed by atoms with van der Waals surface area (Å²) in [6, 6.07) is 8.35. The van der Waals surface area contributed by atoms with Gasteiger partial charge in [-0.15, -0.1) is 0 Å². The van der Waals surface area contributed by atoms with Crippen molar-refractivity contribution in [1.82, 2.24) is 15.5 Å². The lowest BCUT2D eigenvalue weighted by Crippen LogP contribution is -2.36. The number of morpholine rings is 1. The molecule has 1 amide bonds. The number of hydrogen-bond donors (Lipinski definition) is 1. The molecule has 0 spiro atoms. The van der Waals surface area contributed by atoms with Gasteiger partial charge in [-0.2, -0.15) is 4.98 Å². The Morgan fingerprint density at radius 1 is 1.19 bits per heavy atom. The zero-order chi connectivity index (χ0) is 18.9. The van der Waals surface area contributed by atoms with E-state index in [0.29, 0.717) is 31.7 Å². The van der Waals surface area contributed by atoms with Crippen molar-refractivity contribution in [2.45, 2.75) is 45.6 Å². The zero-order valence-corrected chi connectivity index (χ0v) is 15.9. The maximum absolute atomic E-state index is 12.0. The number of ether oxygens (including phenoxy) is 1. The molecule has 0 aliphatic carbocycles. The zero-order valence-electron chi connectivity index (χ0n) is 15.9. The van der Waals surface area contributed by atoms with Gasteiger partial charge in [0.05, 0.1) is 13.2 Å². The minimum atomic E-state index is 0.0422. The van der Waals surface area contributed by atoms with Crippen LogP contribution in [-0.2, 0) is 28.9 Å². The number of amides is 1. The Morgan fingerprint density at radius 3 is 2.70 bits per heavy atom. The molecule has 0 radical (unpaired) electrons. The molecule has 0 atom stereocenters. The van der Waals surface area contributed by atoms with Crippen molar-refractivity contribution < 1.29 is 14.1 Å². The molecule has 0 saturated carbocycles. The van der Waals surface area contributed by atoms with Gasteiger partial charge in [-0.05, 0) is 30.5 Å². The summed E-state index contributed by atoms with van der Waals surface area (Å²) in [6.45, 7) is 6.04. The number of carbonyl (C=O) groups excluding carboxylic acids is 1. The number of hydrogen-bond acceptors (Lipinski definition) is 6. The number of rotatable bonds is 9. The predicted octanol–water partition coefficient (Wildman–Crippen LogP) is 2.50. The summed E-state index contributed by atoms with van der Waals surface area (Å²) in [5.41, 5.74) is 2.30. The monoisotopic (exact) mass is 372 g/mol. The minimum Gasteiger partial charge on any atom is -0.378 e. The molecule has 27 heavy (non-hydrogen) atoms. The normalized spacial score (nSPS) is 14.3. The van der Waals surface area contributed by atoms with E-state index < -0.39 is 0 Å². The first-order chi connectivity index (χ1) is 13.2. The summed E-state index contributed by atoms with van der Waals surface area (Å²) < 4.78 is 10.6. The quantitative estimate of drug-likeness (QED) is 0.728. The minimum absolute atomic E-state index is 0.0422. The summed E-state index contributed by atoms with van der Waals surface area (Å²) in [6.07, 6.45) is 3.62. The summed E-state index contributed by atoms with van der Waals surface area (Å²) in [5, 5.41) is 6.89. The lowest BCUT2D eigenvalue weighted by molar-refractivity contribution is -0.121. The first-order valence-electron chi connectivity index (χ1n) is 9.74. The number of nitrogens with one attached hydrogen (secondary N) is 1. The Bertz CT molecular complexity index is 708. The SMILES string of the molecule is CCCc1noc(CCCC(=O)NCc2ccc(N3CCOCC3)cc2)n1. The molecular weight excluding hydrogens is 344 g/mol. The van der Waals surface area contributed by atoms with E-state index in [-0.39, 0.29) is 5.91 Å². The highest BCUT2D eigenvalue weighted by Gasteiger charge is 2.11. The van der Waals surface area contributed by atoms with Gasteiger partial charge in [0.1, 0.15) is 0 Å². The van der Waals surface area contributed by atoms with E-state index in [4.69, 9.17) is 9.26 Å². The van der Waals surface area contributed by atoms with Crippen molar-refractivity contribution in [3.05, 3.63) is 41.5 Å². The van der Waals surface area contributed by atoms with E-state index in [2.05, 4.69) is 51.5 Å². The van der Waals surface area contributed by atoms with Crippen molar-refractivity contribution in [2.75, 3.05) is 31.2 Å². The Kier molecular flexibility index (Phi) is 7.21. The summed E-state index contributed by atoms with van der Waals surface area (Å²) >= 11 is 0. The molecule has 7 nitrogen and oxygen atoms in total. The number of aryl methyl sites for hydroxylation is 2. The molecule has 2 aromatic rings. The van der Waals surface area contributed by atoms with Crippen LogP contribution in [0.4, 0.5) is 5.69 Å². The molecule has 1 aromatic heterocycles. The highest BCUT2D eigenvalue weighted by atomic mass is 16.5. The van der Waals surface area contributed by atoms with Crippen LogP contribution in [0, 0.1) is 0 Å². The molecule has 1 fully saturated rings. The summed E-state index contributed by atoms with van der Waals surface area (Å²) in [7, 11) is 0. The third-order valence-electron chi connectivity index (χ3n) is 4.58. The van der Waals surface area contributed by atoms with Gasteiger partial charge < -0.3 is 19.5 Å². The molecule has 1 aromatic carbocycles. The van der Waals surface area contributed by atoms with Crippen LogP contribution in [0.5, 0.6) is 0 Å². The van der Waals surface area contributed by atoms with Crippen molar-refractivity contribution in [3.8, 4) is 0 Å². The standard InChI is InChI=1S/C20H28N4O3/c1-2-4-18-22-20(27-23-18)6-3-5-19(25)21-15-16-7-9-17(10-8-16)24-11-13-26-14-12-24/h7-10H,2-6,11-15H2,1H3,(H,21,25). The maximum Gasteiger partial charge on any atom is 0.226 e. The molecule has 1 aliphatic rings. The van der Waals surface area contributed by atoms with Gasteiger partial charge in [-0.25, -0.2) is 0 Å². The first kappa shape index (κ1) is 19.4. The largest absolute Gasteiger partial charge is 0.378 e. The number of anilines is 1. The van der Waals surface area contributed by atoms with Crippen LogP contribution in [0.2, 0.25) is 0 Å². The van der Waals surface area contributed by atoms with E-state index in [0.717, 1.165) is 50.5 Å². The second-order valence-corrected chi connectivity index (χ2v) is 6.75. The molecule has 7 heteroatoms. The van der Waals surface area contributed by atoms with Crippen molar-refractivity contribution in [2.24, 2.45) is 0 Å². The van der Waals surface area contributed by atoms with Crippen LogP contribution in [0.3, 0.4) is 0 Å². The van der Waals surface area contributed by atoms with E-state index in [1.54, 1.807) is 0 Å². The lowest BCUT2D eigenvalue weighted by Gasteiger charge is -2.28. The Morgan fingerprint density at radius 2 is 1.96 bits per heavy atom. The number of nitrogens with zero attached hydrogens (tertiary/aromatic N) is 3. The van der Waals surface area contributed by atoms with Gasteiger partial charge in [0.2, 0.25) is 11.8 Å². The molecule has 1 aliphatic heterocycles. The van der Waals surface area contributed by atoms with Gasteiger partial charge in [0.15, 0.2) is 5.82 Å². The maximum atomic E-state index is 12.0. The van der Waals surface area contributed by atoms with Crippen LogP contribution in [0.15, 0.2) is 28.8 Å². The fourth-order valence-corrected chi connectivity index (χ4v) is 3.05. The number of carbonyl (C=O) groups is 1. The average Bonchev–Trinajstić information content (AvgIpc) is 3.15. The van der Waals surface area contributed by atoms with E-state index in [1.807, 2.05) is 0 Å². The molecule has 2 heterocycles. The van der Waals surface area contributed by atoms with Crippen LogP contribution >= 0.6 is 0 Å². The Balaban J connectivity index is 1.35. The molecule has 0 unspecified atom stereocenters. The predicted molar refractivity (Wildman–Crippen MR) is 103 cm³/mol. The van der Waals surface area contributed by atoms with Crippen LogP contribution in [-0.4, -0.2) is 42.4 Å². The third kappa shape index (κ3) is 6.06. The second kappa shape index (κ2) is 10.1. The van der Waals surface area contributed by atoms with Crippen LogP contribution in [0.25, 0.3) is 0 Å². The Labute approximate surface area is 160 Å². The van der Waals surface area contributed by atoms with Gasteiger partial charge in [-0.3, -0.25) is 4.79 Å². The molecule has 1 N–H and O–H groups in total. The molecule has 146 valence electrons. The van der Waals surface area contributed by atoms with E-state index in [9.17, 15) is 4.79 Å². The highest BCUT2D eigenvalue weighted by molar-refractivity contribution is 5.75. The highest BCUT2D eigenvalue weighted by Crippen LogP contribution is 2.16. The molecular formula is C20H28N4O3. The van der Waals surface area contributed by atoms with Gasteiger partial charge in [0.25, 0.3) is 0 Å². The smallest absolute Gasteiger partial charge is 0.226 e. The first-order valence-corrected chi connectivity index (χ1v) is 9.74. The molecule has 0 bridgehead atoms. The average molecular weight is 372 g/mol. The number of aromatic nitrogens is 2. The van der Waals surface area contributed by atoms with Crippen LogP contribution in [0.1, 0.15) is 43.5 Å². The van der Waals surface area contributed by atoms with Crippen LogP contribution < -0.4 is 10.2 Å². The summed E-state index contributed by atoms with van der Waals surface area (Å²) in [5.74, 6) is 1.41. The fourth-order valence-electron chi connectivity index (χ4n) is 3.05. The van der Waals surface area contributed by atoms with E-state index >= 15 is 0 Å². The molecule has 3 rings (SSSR count). The molecule has 1 saturated heterocycles. The van der Waals surface area contributed by atoms with Gasteiger partial charge in [0, 0.05) is 44.6 Å². The lowest BCUT2D eigenvalue weighted by atomic mass is 10.1. The third-order valence-corrected chi connectivity index (χ3v) is 4.58. The van der Waals surface area contributed by atoms with Gasteiger partial charge in [-0.1, -0.05) is 24.2 Å².